The number of methoxy groups -OCH3 is 1. The molecule has 36 heavy (non-hydrogen) atoms. The molecule has 196 valence electrons. The van der Waals surface area contributed by atoms with Crippen LogP contribution in [0.4, 0.5) is 10.1 Å². The largest absolute Gasteiger partial charge is 0.497 e. The van der Waals surface area contributed by atoms with Gasteiger partial charge >= 0.3 is 0 Å². The van der Waals surface area contributed by atoms with Crippen molar-refractivity contribution in [1.82, 2.24) is 9.21 Å². The van der Waals surface area contributed by atoms with E-state index in [-0.39, 0.29) is 18.5 Å². The van der Waals surface area contributed by atoms with Crippen LogP contribution < -0.4 is 9.64 Å². The molecule has 0 aliphatic carbocycles. The van der Waals surface area contributed by atoms with Crippen molar-refractivity contribution in [3.8, 4) is 5.75 Å². The van der Waals surface area contributed by atoms with E-state index in [9.17, 15) is 13.2 Å². The lowest BCUT2D eigenvalue weighted by Crippen LogP contribution is -2.48. The summed E-state index contributed by atoms with van der Waals surface area (Å²) in [7, 11) is -1.94. The van der Waals surface area contributed by atoms with Crippen LogP contribution in [0.15, 0.2) is 42.5 Å². The van der Waals surface area contributed by atoms with Crippen LogP contribution in [-0.2, 0) is 27.8 Å². The van der Waals surface area contributed by atoms with E-state index in [4.69, 9.17) is 4.74 Å². The number of piperazine rings is 1. The molecule has 0 radical (unpaired) electrons. The normalized spacial score (nSPS) is 22.4. The van der Waals surface area contributed by atoms with E-state index in [0.29, 0.717) is 51.0 Å². The summed E-state index contributed by atoms with van der Waals surface area (Å²) in [4.78, 5) is 15.4. The number of hydrogen-bond acceptors (Lipinski definition) is 5. The molecule has 2 atom stereocenters. The fraction of sp³-hybridized carbons (Fsp3) is 0.519. The number of aryl methyl sites for hydroxylation is 1. The zero-order chi connectivity index (χ0) is 25.9. The topological polar surface area (TPSA) is 70.2 Å². The summed E-state index contributed by atoms with van der Waals surface area (Å²) in [5, 5.41) is -0.476. The Balaban J connectivity index is 1.42. The maximum atomic E-state index is 15.1. The van der Waals surface area contributed by atoms with E-state index in [1.54, 1.807) is 25.0 Å². The van der Waals surface area contributed by atoms with Gasteiger partial charge in [-0.2, -0.15) is 4.31 Å². The van der Waals surface area contributed by atoms with Crippen LogP contribution in [-0.4, -0.2) is 68.1 Å². The van der Waals surface area contributed by atoms with Gasteiger partial charge in [-0.1, -0.05) is 18.2 Å². The van der Waals surface area contributed by atoms with Gasteiger partial charge in [0.25, 0.3) is 0 Å². The smallest absolute Gasteiger partial charge is 0.219 e. The summed E-state index contributed by atoms with van der Waals surface area (Å²) in [5.74, 6) is 0.426. The fourth-order valence-electron chi connectivity index (χ4n) is 5.13. The SMILES string of the molecule is COc1ccc(CCC2CCC(C)N(Cc3ccc(N4CCN(C(C)=O)CC4)cc3F)S2(=O)=O)cc1. The van der Waals surface area contributed by atoms with E-state index in [1.165, 1.54) is 10.4 Å². The standard InChI is InChI=1S/C27H36FN3O4S/c1-20-4-12-26(13-7-22-5-10-25(35-3)11-6-22)36(33,34)31(20)19-23-8-9-24(18-27(23)28)30-16-14-29(15-17-30)21(2)32/h5-6,8-11,18,20,26H,4,7,12-17,19H2,1-3H3. The highest BCUT2D eigenvalue weighted by Crippen LogP contribution is 2.32. The lowest BCUT2D eigenvalue weighted by molar-refractivity contribution is -0.129. The Morgan fingerprint density at radius 2 is 1.75 bits per heavy atom. The molecule has 2 aliphatic heterocycles. The Labute approximate surface area is 213 Å². The first kappa shape index (κ1) is 26.4. The Morgan fingerprint density at radius 3 is 2.36 bits per heavy atom. The van der Waals surface area contributed by atoms with Gasteiger partial charge < -0.3 is 14.5 Å². The van der Waals surface area contributed by atoms with Crippen LogP contribution in [0.1, 0.15) is 44.2 Å². The van der Waals surface area contributed by atoms with E-state index >= 15 is 4.39 Å². The molecule has 2 heterocycles. The van der Waals surface area contributed by atoms with E-state index < -0.39 is 21.1 Å². The third kappa shape index (κ3) is 5.83. The third-order valence-corrected chi connectivity index (χ3v) is 9.97. The maximum absolute atomic E-state index is 15.1. The number of carbonyl (C=O) groups is 1. The van der Waals surface area contributed by atoms with Crippen LogP contribution in [0.2, 0.25) is 0 Å². The molecular weight excluding hydrogens is 481 g/mol. The number of nitrogens with zero attached hydrogens (tertiary/aromatic N) is 3. The van der Waals surface area contributed by atoms with Crippen LogP contribution in [0, 0.1) is 5.82 Å². The first-order chi connectivity index (χ1) is 17.2. The van der Waals surface area contributed by atoms with Gasteiger partial charge in [-0.15, -0.1) is 0 Å². The number of rotatable bonds is 7. The van der Waals surface area contributed by atoms with Crippen LogP contribution in [0.25, 0.3) is 0 Å². The summed E-state index contributed by atoms with van der Waals surface area (Å²) in [6, 6.07) is 12.6. The molecule has 0 saturated carbocycles. The predicted octanol–water partition coefficient (Wildman–Crippen LogP) is 3.82. The number of sulfonamides is 1. The summed E-state index contributed by atoms with van der Waals surface area (Å²) in [5.41, 5.74) is 2.21. The highest BCUT2D eigenvalue weighted by molar-refractivity contribution is 7.89. The second-order valence-corrected chi connectivity index (χ2v) is 12.0. The van der Waals surface area contributed by atoms with Crippen molar-refractivity contribution < 1.29 is 22.3 Å². The molecule has 4 rings (SSSR count). The Kier molecular flexibility index (Phi) is 8.20. The van der Waals surface area contributed by atoms with Crippen molar-refractivity contribution in [2.45, 2.75) is 57.4 Å². The number of carbonyl (C=O) groups excluding carboxylic acids is 1. The first-order valence-corrected chi connectivity index (χ1v) is 14.1. The molecule has 1 amide bonds. The lowest BCUT2D eigenvalue weighted by atomic mass is 10.0. The lowest BCUT2D eigenvalue weighted by Gasteiger charge is -2.38. The van der Waals surface area contributed by atoms with Crippen molar-refractivity contribution >= 4 is 21.6 Å². The molecule has 2 aromatic carbocycles. The number of hydrogen-bond donors (Lipinski definition) is 0. The van der Waals surface area contributed by atoms with Gasteiger partial charge in [0.15, 0.2) is 0 Å². The minimum Gasteiger partial charge on any atom is -0.497 e. The Morgan fingerprint density at radius 1 is 1.06 bits per heavy atom. The molecule has 7 nitrogen and oxygen atoms in total. The first-order valence-electron chi connectivity index (χ1n) is 12.6. The van der Waals surface area contributed by atoms with Gasteiger partial charge in [0.2, 0.25) is 15.9 Å². The molecule has 9 heteroatoms. The van der Waals surface area contributed by atoms with Gasteiger partial charge in [0.1, 0.15) is 11.6 Å². The van der Waals surface area contributed by atoms with Crippen molar-refractivity contribution in [3.63, 3.8) is 0 Å². The van der Waals surface area contributed by atoms with Crippen LogP contribution in [0.5, 0.6) is 5.75 Å². The average Bonchev–Trinajstić information content (AvgIpc) is 2.87. The van der Waals surface area contributed by atoms with Crippen LogP contribution >= 0.6 is 0 Å². The van der Waals surface area contributed by atoms with Crippen molar-refractivity contribution in [2.75, 3.05) is 38.2 Å². The molecule has 2 saturated heterocycles. The highest BCUT2D eigenvalue weighted by Gasteiger charge is 2.39. The van der Waals surface area contributed by atoms with Gasteiger partial charge in [0, 0.05) is 56.9 Å². The maximum Gasteiger partial charge on any atom is 0.219 e. The van der Waals surface area contributed by atoms with Crippen LogP contribution in [0.3, 0.4) is 0 Å². The van der Waals surface area contributed by atoms with Crippen molar-refractivity contribution in [1.29, 1.82) is 0 Å². The minimum absolute atomic E-state index is 0.0345. The predicted molar refractivity (Wildman–Crippen MR) is 139 cm³/mol. The molecule has 0 spiro atoms. The summed E-state index contributed by atoms with van der Waals surface area (Å²) < 4.78 is 48.8. The molecule has 0 N–H and O–H groups in total. The molecule has 2 aliphatic rings. The third-order valence-electron chi connectivity index (χ3n) is 7.51. The molecule has 2 unspecified atom stereocenters. The molecule has 2 fully saturated rings. The fourth-order valence-corrected chi connectivity index (χ4v) is 7.29. The number of ether oxygens (including phenoxy) is 1. The van der Waals surface area contributed by atoms with Gasteiger partial charge in [-0.25, -0.2) is 12.8 Å². The number of amides is 1. The van der Waals surface area contributed by atoms with E-state index in [0.717, 1.165) is 23.4 Å². The molecule has 2 aromatic rings. The second-order valence-electron chi connectivity index (χ2n) is 9.79. The summed E-state index contributed by atoms with van der Waals surface area (Å²) >= 11 is 0. The molecule has 0 aromatic heterocycles. The molecular formula is C27H36FN3O4S. The Bertz CT molecular complexity index is 1160. The minimum atomic E-state index is -3.56. The zero-order valence-electron chi connectivity index (χ0n) is 21.3. The summed E-state index contributed by atoms with van der Waals surface area (Å²) in [6.07, 6.45) is 2.57. The molecule has 0 bridgehead atoms. The monoisotopic (exact) mass is 517 g/mol. The zero-order valence-corrected chi connectivity index (χ0v) is 22.1. The van der Waals surface area contributed by atoms with E-state index in [1.807, 2.05) is 37.3 Å². The van der Waals surface area contributed by atoms with E-state index in [2.05, 4.69) is 4.90 Å². The second kappa shape index (κ2) is 11.2. The Hall–Kier alpha value is -2.65. The summed E-state index contributed by atoms with van der Waals surface area (Å²) in [6.45, 7) is 6.01. The van der Waals surface area contributed by atoms with Gasteiger partial charge in [-0.3, -0.25) is 4.79 Å². The van der Waals surface area contributed by atoms with Crippen molar-refractivity contribution in [2.24, 2.45) is 0 Å². The average molecular weight is 518 g/mol. The number of benzene rings is 2. The highest BCUT2D eigenvalue weighted by atomic mass is 32.2. The van der Waals surface area contributed by atoms with Gasteiger partial charge in [0.05, 0.1) is 12.4 Å². The quantitative estimate of drug-likeness (QED) is 0.559. The number of halogens is 1. The van der Waals surface area contributed by atoms with Crippen molar-refractivity contribution in [3.05, 3.63) is 59.4 Å². The van der Waals surface area contributed by atoms with Gasteiger partial charge in [-0.05, 0) is 62.4 Å². The number of anilines is 1.